The summed E-state index contributed by atoms with van der Waals surface area (Å²) >= 11 is 6.40. The number of methoxy groups -OCH3 is 2. The Morgan fingerprint density at radius 2 is 1.90 bits per heavy atom. The number of fused-ring (bicyclic) bond motifs is 1. The van der Waals surface area contributed by atoms with Crippen LogP contribution >= 0.6 is 11.6 Å². The zero-order chi connectivity index (χ0) is 22.0. The molecule has 0 amide bonds. The summed E-state index contributed by atoms with van der Waals surface area (Å²) in [5.74, 6) is 2.20. The van der Waals surface area contributed by atoms with Gasteiger partial charge in [-0.05, 0) is 79.5 Å². The maximum Gasteiger partial charge on any atom is 0.161 e. The van der Waals surface area contributed by atoms with Gasteiger partial charge in [-0.25, -0.2) is 0 Å². The molecule has 0 radical (unpaired) electrons. The molecule has 4 rings (SSSR count). The molecule has 164 valence electrons. The molecule has 0 bridgehead atoms. The summed E-state index contributed by atoms with van der Waals surface area (Å²) in [6, 6.07) is 12.7. The minimum atomic E-state index is 0.141. The van der Waals surface area contributed by atoms with Crippen LogP contribution in [0.1, 0.15) is 48.9 Å². The molecular weight excluding hydrogens is 406 g/mol. The molecule has 2 aromatic rings. The van der Waals surface area contributed by atoms with Crippen molar-refractivity contribution in [3.8, 4) is 11.5 Å². The van der Waals surface area contributed by atoms with Crippen LogP contribution in [-0.2, 0) is 6.42 Å². The van der Waals surface area contributed by atoms with Gasteiger partial charge in [0.15, 0.2) is 11.5 Å². The van der Waals surface area contributed by atoms with Crippen molar-refractivity contribution in [3.05, 3.63) is 81.9 Å². The zero-order valence-corrected chi connectivity index (χ0v) is 19.5. The minimum Gasteiger partial charge on any atom is -0.493 e. The van der Waals surface area contributed by atoms with Crippen molar-refractivity contribution >= 4 is 11.6 Å². The molecule has 4 heteroatoms. The molecular formula is C27H32ClNO2. The summed E-state index contributed by atoms with van der Waals surface area (Å²) in [6.07, 6.45) is 6.91. The predicted molar refractivity (Wildman–Crippen MR) is 128 cm³/mol. The van der Waals surface area contributed by atoms with Crippen LogP contribution in [-0.4, -0.2) is 32.2 Å². The van der Waals surface area contributed by atoms with Gasteiger partial charge in [0, 0.05) is 18.1 Å². The van der Waals surface area contributed by atoms with Crippen LogP contribution < -0.4 is 9.47 Å². The summed E-state index contributed by atoms with van der Waals surface area (Å²) in [4.78, 5) is 2.59. The van der Waals surface area contributed by atoms with Crippen molar-refractivity contribution in [2.24, 2.45) is 5.92 Å². The fraction of sp³-hybridized carbons (Fsp3) is 0.407. The van der Waals surface area contributed by atoms with Gasteiger partial charge >= 0.3 is 0 Å². The Hall–Kier alpha value is -2.23. The van der Waals surface area contributed by atoms with E-state index >= 15 is 0 Å². The Labute approximate surface area is 191 Å². The molecule has 3 nitrogen and oxygen atoms in total. The van der Waals surface area contributed by atoms with Crippen molar-refractivity contribution in [1.82, 2.24) is 4.90 Å². The van der Waals surface area contributed by atoms with Crippen molar-refractivity contribution in [2.45, 2.75) is 38.6 Å². The normalized spacial score (nSPS) is 21.2. The highest BCUT2D eigenvalue weighted by Gasteiger charge is 2.31. The average Bonchev–Trinajstić information content (AvgIpc) is 2.78. The summed E-state index contributed by atoms with van der Waals surface area (Å²) in [7, 11) is 3.39. The van der Waals surface area contributed by atoms with Gasteiger partial charge in [-0.15, -0.1) is 0 Å². The number of ether oxygens (including phenoxy) is 2. The van der Waals surface area contributed by atoms with Crippen LogP contribution in [0.4, 0.5) is 0 Å². The monoisotopic (exact) mass is 437 g/mol. The lowest BCUT2D eigenvalue weighted by atomic mass is 9.84. The molecule has 2 atom stereocenters. The first-order valence-corrected chi connectivity index (χ1v) is 11.5. The van der Waals surface area contributed by atoms with Crippen LogP contribution in [0.5, 0.6) is 11.5 Å². The second-order valence-corrected chi connectivity index (χ2v) is 9.20. The van der Waals surface area contributed by atoms with Crippen molar-refractivity contribution in [3.63, 3.8) is 0 Å². The molecule has 2 aliphatic rings. The van der Waals surface area contributed by atoms with Crippen LogP contribution in [0, 0.1) is 5.92 Å². The highest BCUT2D eigenvalue weighted by atomic mass is 35.5. The standard InChI is InChI=1S/C27H32ClNO2/c1-18(2)20-10-8-19(9-11-20)17-29-13-12-21-15-25(30-3)26(31-4)16-24(21)27(29)22-6-5-7-23(28)14-22/h5-8,14-16,20,27H,1,9-13,17H2,2-4H3/t20-,27+/m0/s1. The molecule has 0 unspecified atom stereocenters. The summed E-state index contributed by atoms with van der Waals surface area (Å²) in [6.45, 7) is 8.30. The van der Waals surface area contributed by atoms with E-state index in [0.29, 0.717) is 5.92 Å². The van der Waals surface area contributed by atoms with Gasteiger partial charge in [-0.2, -0.15) is 0 Å². The van der Waals surface area contributed by atoms with Gasteiger partial charge in [-0.3, -0.25) is 4.90 Å². The maximum atomic E-state index is 6.40. The molecule has 1 aliphatic heterocycles. The van der Waals surface area contributed by atoms with Crippen LogP contribution in [0.2, 0.25) is 5.02 Å². The Balaban J connectivity index is 1.70. The number of rotatable bonds is 6. The highest BCUT2D eigenvalue weighted by molar-refractivity contribution is 6.30. The van der Waals surface area contributed by atoms with E-state index in [1.54, 1.807) is 14.2 Å². The van der Waals surface area contributed by atoms with E-state index in [9.17, 15) is 0 Å². The van der Waals surface area contributed by atoms with E-state index in [-0.39, 0.29) is 6.04 Å². The van der Waals surface area contributed by atoms with E-state index in [0.717, 1.165) is 48.9 Å². The van der Waals surface area contributed by atoms with Crippen LogP contribution in [0.25, 0.3) is 0 Å². The molecule has 0 saturated heterocycles. The third-order valence-corrected chi connectivity index (χ3v) is 6.98. The summed E-state index contributed by atoms with van der Waals surface area (Å²) in [5, 5.41) is 0.770. The van der Waals surface area contributed by atoms with Crippen molar-refractivity contribution in [1.29, 1.82) is 0 Å². The average molecular weight is 438 g/mol. The zero-order valence-electron chi connectivity index (χ0n) is 18.8. The molecule has 0 spiro atoms. The second-order valence-electron chi connectivity index (χ2n) is 8.76. The van der Waals surface area contributed by atoms with Crippen molar-refractivity contribution < 1.29 is 9.47 Å². The van der Waals surface area contributed by atoms with Gasteiger partial charge in [0.05, 0.1) is 20.3 Å². The lowest BCUT2D eigenvalue weighted by molar-refractivity contribution is 0.226. The summed E-state index contributed by atoms with van der Waals surface area (Å²) < 4.78 is 11.2. The second kappa shape index (κ2) is 9.50. The number of hydrogen-bond donors (Lipinski definition) is 0. The maximum absolute atomic E-state index is 6.40. The fourth-order valence-electron chi connectivity index (χ4n) is 4.98. The lowest BCUT2D eigenvalue weighted by Gasteiger charge is -2.39. The quantitative estimate of drug-likeness (QED) is 0.474. The number of benzene rings is 2. The van der Waals surface area contributed by atoms with Crippen LogP contribution in [0.3, 0.4) is 0 Å². The van der Waals surface area contributed by atoms with Gasteiger partial charge in [0.25, 0.3) is 0 Å². The Morgan fingerprint density at radius 1 is 1.13 bits per heavy atom. The van der Waals surface area contributed by atoms with E-state index in [4.69, 9.17) is 21.1 Å². The topological polar surface area (TPSA) is 21.7 Å². The molecule has 31 heavy (non-hydrogen) atoms. The lowest BCUT2D eigenvalue weighted by Crippen LogP contribution is -2.37. The van der Waals surface area contributed by atoms with E-state index in [1.807, 2.05) is 12.1 Å². The first-order chi connectivity index (χ1) is 15.0. The van der Waals surface area contributed by atoms with Gasteiger partial charge in [0.1, 0.15) is 0 Å². The third-order valence-electron chi connectivity index (χ3n) is 6.75. The SMILES string of the molecule is C=C(C)[C@H]1CC=C(CN2CCc3cc(OC)c(OC)cc3[C@H]2c2cccc(Cl)c2)CC1. The molecule has 0 aromatic heterocycles. The van der Waals surface area contributed by atoms with Gasteiger partial charge in [0.2, 0.25) is 0 Å². The third kappa shape index (κ3) is 4.68. The van der Waals surface area contributed by atoms with Gasteiger partial charge < -0.3 is 9.47 Å². The van der Waals surface area contributed by atoms with Crippen molar-refractivity contribution in [2.75, 3.05) is 27.3 Å². The van der Waals surface area contributed by atoms with Crippen LogP contribution in [0.15, 0.2) is 60.2 Å². The Bertz CT molecular complexity index is 997. The van der Waals surface area contributed by atoms with Gasteiger partial charge in [-0.1, -0.05) is 47.5 Å². The van der Waals surface area contributed by atoms with E-state index < -0.39 is 0 Å². The molecule has 1 aliphatic carbocycles. The predicted octanol–water partition coefficient (Wildman–Crippen LogP) is 6.61. The fourth-order valence-corrected chi connectivity index (χ4v) is 5.17. The Kier molecular flexibility index (Phi) is 6.74. The number of nitrogens with zero attached hydrogens (tertiary/aromatic N) is 1. The van der Waals surface area contributed by atoms with E-state index in [2.05, 4.69) is 48.7 Å². The molecule has 0 saturated carbocycles. The first kappa shape index (κ1) is 22.0. The Morgan fingerprint density at radius 3 is 2.55 bits per heavy atom. The molecule has 2 aromatic carbocycles. The molecule has 0 fully saturated rings. The number of halogens is 1. The smallest absolute Gasteiger partial charge is 0.161 e. The number of hydrogen-bond acceptors (Lipinski definition) is 3. The van der Waals surface area contributed by atoms with E-state index in [1.165, 1.54) is 34.3 Å². The molecule has 1 heterocycles. The summed E-state index contributed by atoms with van der Waals surface area (Å²) in [5.41, 5.74) is 6.66. The molecule has 0 N–H and O–H groups in total. The minimum absolute atomic E-state index is 0.141. The first-order valence-electron chi connectivity index (χ1n) is 11.1. The highest BCUT2D eigenvalue weighted by Crippen LogP contribution is 2.42. The largest absolute Gasteiger partial charge is 0.493 e. The number of allylic oxidation sites excluding steroid dienone is 2.